The van der Waals surface area contributed by atoms with Crippen LogP contribution in [0.15, 0.2) is 0 Å². The van der Waals surface area contributed by atoms with E-state index in [2.05, 4.69) is 16.0 Å². The van der Waals surface area contributed by atoms with Crippen molar-refractivity contribution in [2.45, 2.75) is 45.6 Å². The van der Waals surface area contributed by atoms with Gasteiger partial charge in [0, 0.05) is 61.7 Å². The monoisotopic (exact) mass is 489 g/mol. The van der Waals surface area contributed by atoms with E-state index in [1.54, 1.807) is 13.8 Å². The van der Waals surface area contributed by atoms with Crippen molar-refractivity contribution >= 4 is 41.2 Å². The molecule has 0 radical (unpaired) electrons. The summed E-state index contributed by atoms with van der Waals surface area (Å²) >= 11 is 1.43. The highest BCUT2D eigenvalue weighted by molar-refractivity contribution is 7.99. The predicted molar refractivity (Wildman–Crippen MR) is 121 cm³/mol. The first kappa shape index (κ1) is 28.9. The van der Waals surface area contributed by atoms with Crippen LogP contribution in [-0.2, 0) is 24.0 Å². The molecule has 0 aromatic carbocycles. The second kappa shape index (κ2) is 14.2. The second-order valence-corrected chi connectivity index (χ2v) is 9.82. The van der Waals surface area contributed by atoms with E-state index in [4.69, 9.17) is 10.2 Å². The topological polar surface area (TPSA) is 182 Å². The Morgan fingerprint density at radius 2 is 1.64 bits per heavy atom. The first-order chi connectivity index (χ1) is 15.5. The number of carbonyl (C=O) groups excluding carboxylic acids is 4. The van der Waals surface area contributed by atoms with Gasteiger partial charge in [-0.25, -0.2) is 0 Å². The first-order valence-corrected chi connectivity index (χ1v) is 12.1. The van der Waals surface area contributed by atoms with Crippen molar-refractivity contribution in [2.75, 3.05) is 37.7 Å². The molecule has 12 heteroatoms. The number of hydrogen-bond donors (Lipinski definition) is 6. The highest BCUT2D eigenvalue weighted by atomic mass is 32.2. The van der Waals surface area contributed by atoms with Crippen molar-refractivity contribution < 1.29 is 39.3 Å². The van der Waals surface area contributed by atoms with Crippen LogP contribution in [0.4, 0.5) is 0 Å². The van der Waals surface area contributed by atoms with Gasteiger partial charge in [-0.2, -0.15) is 11.8 Å². The molecule has 3 atom stereocenters. The number of hydrogen-bond acceptors (Lipinski definition) is 8. The van der Waals surface area contributed by atoms with Crippen molar-refractivity contribution in [1.82, 2.24) is 16.0 Å². The number of ketones is 1. The van der Waals surface area contributed by atoms with Gasteiger partial charge in [-0.15, -0.1) is 0 Å². The fourth-order valence-electron chi connectivity index (χ4n) is 3.22. The number of carboxylic acid groups (broad SMARTS) is 1. The molecule has 0 bridgehead atoms. The van der Waals surface area contributed by atoms with E-state index < -0.39 is 35.2 Å². The molecule has 11 nitrogen and oxygen atoms in total. The quantitative estimate of drug-likeness (QED) is 0.156. The molecule has 3 amide bonds. The first-order valence-electron chi connectivity index (χ1n) is 10.9. The summed E-state index contributed by atoms with van der Waals surface area (Å²) in [6.07, 6.45) is -0.648. The maximum Gasteiger partial charge on any atom is 0.307 e. The lowest BCUT2D eigenvalue weighted by Gasteiger charge is -2.27. The minimum absolute atomic E-state index is 0.0128. The lowest BCUT2D eigenvalue weighted by atomic mass is 9.87. The molecule has 0 spiro atoms. The number of aliphatic carboxylic acids is 1. The van der Waals surface area contributed by atoms with Gasteiger partial charge >= 0.3 is 5.97 Å². The van der Waals surface area contributed by atoms with E-state index in [1.165, 1.54) is 11.8 Å². The summed E-state index contributed by atoms with van der Waals surface area (Å²) in [5, 5.41) is 35.9. The van der Waals surface area contributed by atoms with E-state index in [0.29, 0.717) is 30.9 Å². The fraction of sp³-hybridized carbons (Fsp3) is 0.762. The van der Waals surface area contributed by atoms with Crippen LogP contribution in [0.25, 0.3) is 0 Å². The molecule has 1 rings (SSSR count). The Hall–Kier alpha value is -2.18. The summed E-state index contributed by atoms with van der Waals surface area (Å²) in [4.78, 5) is 58.4. The Morgan fingerprint density at radius 3 is 2.21 bits per heavy atom. The SMILES string of the molecule is CC(C)(CO)C(O)C(=O)NCCC(=O)NCCC(=O)NCCSC[C@@H]1C(=O)CC[C@H]1C(=O)O. The third kappa shape index (κ3) is 10.1. The van der Waals surface area contributed by atoms with Gasteiger partial charge in [-0.1, -0.05) is 13.8 Å². The number of aliphatic hydroxyl groups excluding tert-OH is 2. The number of carboxylic acids is 1. The third-order valence-corrected chi connectivity index (χ3v) is 6.59. The largest absolute Gasteiger partial charge is 0.481 e. The maximum atomic E-state index is 11.8. The lowest BCUT2D eigenvalue weighted by Crippen LogP contribution is -2.46. The Kier molecular flexibility index (Phi) is 12.4. The summed E-state index contributed by atoms with van der Waals surface area (Å²) in [7, 11) is 0. The molecule has 1 fully saturated rings. The van der Waals surface area contributed by atoms with Gasteiger partial charge in [0.25, 0.3) is 0 Å². The van der Waals surface area contributed by atoms with Crippen LogP contribution in [-0.4, -0.2) is 88.6 Å². The summed E-state index contributed by atoms with van der Waals surface area (Å²) in [6, 6.07) is 0. The third-order valence-electron chi connectivity index (χ3n) is 5.51. The van der Waals surface area contributed by atoms with Crippen LogP contribution in [0.1, 0.15) is 39.5 Å². The van der Waals surface area contributed by atoms with Crippen LogP contribution in [0.3, 0.4) is 0 Å². The van der Waals surface area contributed by atoms with Crippen molar-refractivity contribution in [1.29, 1.82) is 0 Å². The van der Waals surface area contributed by atoms with Gasteiger partial charge in [-0.3, -0.25) is 24.0 Å². The molecule has 6 N–H and O–H groups in total. The molecule has 0 aliphatic heterocycles. The number of nitrogens with one attached hydrogen (secondary N) is 3. The van der Waals surface area contributed by atoms with Gasteiger partial charge < -0.3 is 31.3 Å². The average molecular weight is 490 g/mol. The van der Waals surface area contributed by atoms with Gasteiger partial charge in [0.15, 0.2) is 0 Å². The molecule has 0 saturated heterocycles. The van der Waals surface area contributed by atoms with Crippen LogP contribution >= 0.6 is 11.8 Å². The number of Topliss-reactive ketones (excluding diaryl/α,β-unsaturated/α-hetero) is 1. The normalized spacial score (nSPS) is 19.1. The minimum atomic E-state index is -1.40. The van der Waals surface area contributed by atoms with E-state index in [9.17, 15) is 29.1 Å². The molecule has 0 heterocycles. The fourth-order valence-corrected chi connectivity index (χ4v) is 4.30. The Labute approximate surface area is 197 Å². The van der Waals surface area contributed by atoms with Gasteiger partial charge in [0.05, 0.1) is 12.5 Å². The minimum Gasteiger partial charge on any atom is -0.481 e. The molecule has 1 saturated carbocycles. The lowest BCUT2D eigenvalue weighted by molar-refractivity contribution is -0.144. The van der Waals surface area contributed by atoms with Crippen LogP contribution < -0.4 is 16.0 Å². The van der Waals surface area contributed by atoms with E-state index >= 15 is 0 Å². The van der Waals surface area contributed by atoms with Crippen molar-refractivity contribution in [3.8, 4) is 0 Å². The zero-order valence-corrected chi connectivity index (χ0v) is 19.9. The standard InChI is InChI=1S/C21H35N3O8S/c1-21(2,12-25)18(29)19(30)24-8-6-16(27)22-7-5-17(28)23-9-10-33-11-14-13(20(31)32)3-4-15(14)26/h13-14,18,25,29H,3-12H2,1-2H3,(H,22,27)(H,23,28)(H,24,30)(H,31,32)/t13-,14+,18?/m1/s1. The van der Waals surface area contributed by atoms with E-state index in [0.717, 1.165) is 0 Å². The van der Waals surface area contributed by atoms with Gasteiger partial charge in [0.1, 0.15) is 11.9 Å². The molecule has 0 aromatic rings. The summed E-state index contributed by atoms with van der Waals surface area (Å²) < 4.78 is 0. The molecule has 1 aliphatic rings. The molecule has 1 aliphatic carbocycles. The van der Waals surface area contributed by atoms with Crippen LogP contribution in [0, 0.1) is 17.3 Å². The smallest absolute Gasteiger partial charge is 0.307 e. The summed E-state index contributed by atoms with van der Waals surface area (Å²) in [5.74, 6) is -2.34. The molecular weight excluding hydrogens is 454 g/mol. The van der Waals surface area contributed by atoms with Gasteiger partial charge in [0.2, 0.25) is 17.7 Å². The highest BCUT2D eigenvalue weighted by Crippen LogP contribution is 2.31. The highest BCUT2D eigenvalue weighted by Gasteiger charge is 2.38. The molecule has 33 heavy (non-hydrogen) atoms. The molecule has 0 aromatic heterocycles. The molecule has 1 unspecified atom stereocenters. The number of carbonyl (C=O) groups is 5. The van der Waals surface area contributed by atoms with Crippen molar-refractivity contribution in [3.63, 3.8) is 0 Å². The van der Waals surface area contributed by atoms with Crippen LogP contribution in [0.2, 0.25) is 0 Å². The average Bonchev–Trinajstić information content (AvgIpc) is 3.13. The number of aliphatic hydroxyl groups is 2. The maximum absolute atomic E-state index is 11.8. The molecule has 188 valence electrons. The van der Waals surface area contributed by atoms with Crippen LogP contribution in [0.5, 0.6) is 0 Å². The van der Waals surface area contributed by atoms with Crippen molar-refractivity contribution in [2.24, 2.45) is 17.3 Å². The zero-order chi connectivity index (χ0) is 25.0. The second-order valence-electron chi connectivity index (χ2n) is 8.67. The van der Waals surface area contributed by atoms with E-state index in [-0.39, 0.29) is 50.1 Å². The molecular formula is C21H35N3O8S. The number of rotatable bonds is 15. The van der Waals surface area contributed by atoms with Crippen molar-refractivity contribution in [3.05, 3.63) is 0 Å². The van der Waals surface area contributed by atoms with Gasteiger partial charge in [-0.05, 0) is 6.42 Å². The Morgan fingerprint density at radius 1 is 1.06 bits per heavy atom. The Balaban J connectivity index is 2.10. The number of amides is 3. The zero-order valence-electron chi connectivity index (χ0n) is 19.1. The number of thioether (sulfide) groups is 1. The van der Waals surface area contributed by atoms with E-state index in [1.807, 2.05) is 0 Å². The Bertz CT molecular complexity index is 716. The summed E-state index contributed by atoms with van der Waals surface area (Å²) in [5.41, 5.74) is -0.993. The summed E-state index contributed by atoms with van der Waals surface area (Å²) in [6.45, 7) is 3.22. The predicted octanol–water partition coefficient (Wildman–Crippen LogP) is -1.09.